The first-order chi connectivity index (χ1) is 11.1. The lowest BCUT2D eigenvalue weighted by atomic mass is 10.1. The molecule has 1 aromatic carbocycles. The van der Waals surface area contributed by atoms with Gasteiger partial charge in [-0.25, -0.2) is 9.37 Å². The predicted octanol–water partition coefficient (Wildman–Crippen LogP) is 2.33. The Labute approximate surface area is 134 Å². The van der Waals surface area contributed by atoms with Crippen LogP contribution >= 0.6 is 0 Å². The molecule has 6 heteroatoms. The van der Waals surface area contributed by atoms with E-state index in [1.54, 1.807) is 6.07 Å². The maximum Gasteiger partial charge on any atom is 0.220 e. The van der Waals surface area contributed by atoms with Crippen LogP contribution in [0.5, 0.6) is 0 Å². The molecule has 0 saturated carbocycles. The molecule has 1 aliphatic rings. The van der Waals surface area contributed by atoms with E-state index in [4.69, 9.17) is 4.74 Å². The Balaban J connectivity index is 1.49. The summed E-state index contributed by atoms with van der Waals surface area (Å²) in [6, 6.07) is 4.93. The maximum absolute atomic E-state index is 13.7. The fraction of sp³-hybridized carbons (Fsp3) is 0.529. The monoisotopic (exact) mass is 319 g/mol. The first-order valence-electron chi connectivity index (χ1n) is 8.13. The van der Waals surface area contributed by atoms with Gasteiger partial charge in [0.25, 0.3) is 0 Å². The Morgan fingerprint density at radius 1 is 1.52 bits per heavy atom. The van der Waals surface area contributed by atoms with Gasteiger partial charge in [0.1, 0.15) is 11.3 Å². The van der Waals surface area contributed by atoms with Crippen molar-refractivity contribution in [1.82, 2.24) is 14.9 Å². The van der Waals surface area contributed by atoms with E-state index in [1.807, 2.05) is 17.7 Å². The highest BCUT2D eigenvalue weighted by atomic mass is 19.1. The first kappa shape index (κ1) is 15.9. The third kappa shape index (κ3) is 3.69. The third-order valence-corrected chi connectivity index (χ3v) is 4.34. The van der Waals surface area contributed by atoms with Crippen molar-refractivity contribution in [2.45, 2.75) is 38.2 Å². The number of hydrogen-bond donors (Lipinski definition) is 1. The molecule has 0 aliphatic carbocycles. The second-order valence-electron chi connectivity index (χ2n) is 5.97. The lowest BCUT2D eigenvalue weighted by Gasteiger charge is -2.09. The highest BCUT2D eigenvalue weighted by molar-refractivity contribution is 5.77. The van der Waals surface area contributed by atoms with Gasteiger partial charge in [0, 0.05) is 33.0 Å². The Kier molecular flexibility index (Phi) is 4.91. The fourth-order valence-corrected chi connectivity index (χ4v) is 3.02. The van der Waals surface area contributed by atoms with Crippen molar-refractivity contribution in [2.75, 3.05) is 13.2 Å². The van der Waals surface area contributed by atoms with Crippen LogP contribution in [0.4, 0.5) is 4.39 Å². The van der Waals surface area contributed by atoms with Gasteiger partial charge in [-0.2, -0.15) is 0 Å². The molecular weight excluding hydrogens is 297 g/mol. The molecule has 1 aliphatic heterocycles. The van der Waals surface area contributed by atoms with Gasteiger partial charge in [-0.15, -0.1) is 0 Å². The average Bonchev–Trinajstić information content (AvgIpc) is 3.16. The topological polar surface area (TPSA) is 56.2 Å². The molecule has 23 heavy (non-hydrogen) atoms. The summed E-state index contributed by atoms with van der Waals surface area (Å²) in [6.45, 7) is 1.32. The highest BCUT2D eigenvalue weighted by Crippen LogP contribution is 2.18. The molecule has 0 spiro atoms. The summed E-state index contributed by atoms with van der Waals surface area (Å²) in [6.07, 6.45) is 4.24. The van der Waals surface area contributed by atoms with Crippen LogP contribution in [0.1, 0.15) is 31.5 Å². The summed E-state index contributed by atoms with van der Waals surface area (Å²) in [4.78, 5) is 16.2. The number of benzene rings is 1. The number of carbonyl (C=O) groups excluding carboxylic acids is 1. The van der Waals surface area contributed by atoms with E-state index in [1.165, 1.54) is 6.07 Å². The number of rotatable bonds is 6. The number of ether oxygens (including phenoxy) is 1. The minimum atomic E-state index is -0.315. The van der Waals surface area contributed by atoms with Crippen molar-refractivity contribution in [3.05, 3.63) is 29.8 Å². The van der Waals surface area contributed by atoms with E-state index in [2.05, 4.69) is 10.3 Å². The summed E-state index contributed by atoms with van der Waals surface area (Å²) in [5.74, 6) is 0.486. The molecule has 0 radical (unpaired) electrons. The van der Waals surface area contributed by atoms with Crippen LogP contribution in [0.3, 0.4) is 0 Å². The second kappa shape index (κ2) is 7.08. The van der Waals surface area contributed by atoms with Crippen LogP contribution in [-0.4, -0.2) is 34.7 Å². The van der Waals surface area contributed by atoms with Crippen molar-refractivity contribution in [3.63, 3.8) is 0 Å². The zero-order chi connectivity index (χ0) is 16.2. The molecule has 1 amide bonds. The minimum Gasteiger partial charge on any atom is -0.378 e. The summed E-state index contributed by atoms with van der Waals surface area (Å²) < 4.78 is 21.1. The molecule has 1 atom stereocenters. The van der Waals surface area contributed by atoms with Crippen molar-refractivity contribution >= 4 is 16.9 Å². The molecular formula is C17H22FN3O2. The SMILES string of the molecule is Cn1c(CCNC(=O)CCC2CCCO2)nc2c(F)cccc21. The number of aryl methyl sites for hydroxylation is 1. The number of nitrogens with zero attached hydrogens (tertiary/aromatic N) is 2. The zero-order valence-electron chi connectivity index (χ0n) is 13.3. The number of imidazole rings is 1. The molecule has 1 N–H and O–H groups in total. The van der Waals surface area contributed by atoms with Crippen molar-refractivity contribution in [3.8, 4) is 0 Å². The molecule has 1 saturated heterocycles. The quantitative estimate of drug-likeness (QED) is 0.889. The normalized spacial score (nSPS) is 17.7. The van der Waals surface area contributed by atoms with E-state index in [0.717, 1.165) is 37.2 Å². The average molecular weight is 319 g/mol. The minimum absolute atomic E-state index is 0.0328. The van der Waals surface area contributed by atoms with Crippen LogP contribution in [-0.2, 0) is 23.0 Å². The third-order valence-electron chi connectivity index (χ3n) is 4.34. The smallest absolute Gasteiger partial charge is 0.220 e. The Hall–Kier alpha value is -1.95. The second-order valence-corrected chi connectivity index (χ2v) is 5.97. The number of amides is 1. The van der Waals surface area contributed by atoms with E-state index in [-0.39, 0.29) is 17.8 Å². The van der Waals surface area contributed by atoms with Crippen LogP contribution in [0, 0.1) is 5.82 Å². The number of hydrogen-bond acceptors (Lipinski definition) is 3. The van der Waals surface area contributed by atoms with E-state index < -0.39 is 0 Å². The summed E-state index contributed by atoms with van der Waals surface area (Å²) in [7, 11) is 1.86. The number of nitrogens with one attached hydrogen (secondary N) is 1. The molecule has 5 nitrogen and oxygen atoms in total. The van der Waals surface area contributed by atoms with Gasteiger partial charge < -0.3 is 14.6 Å². The van der Waals surface area contributed by atoms with Gasteiger partial charge in [-0.05, 0) is 31.4 Å². The number of halogens is 1. The van der Waals surface area contributed by atoms with Crippen LogP contribution in [0.25, 0.3) is 11.0 Å². The lowest BCUT2D eigenvalue weighted by molar-refractivity contribution is -0.121. The first-order valence-corrected chi connectivity index (χ1v) is 8.13. The molecule has 1 aromatic heterocycles. The van der Waals surface area contributed by atoms with E-state index in [9.17, 15) is 9.18 Å². The fourth-order valence-electron chi connectivity index (χ4n) is 3.02. The number of fused-ring (bicyclic) bond motifs is 1. The zero-order valence-corrected chi connectivity index (χ0v) is 13.3. The van der Waals surface area contributed by atoms with Crippen molar-refractivity contribution in [2.24, 2.45) is 7.05 Å². The predicted molar refractivity (Wildman–Crippen MR) is 85.6 cm³/mol. The number of carbonyl (C=O) groups is 1. The lowest BCUT2D eigenvalue weighted by Crippen LogP contribution is -2.27. The Morgan fingerprint density at radius 2 is 2.39 bits per heavy atom. The van der Waals surface area contributed by atoms with Crippen molar-refractivity contribution < 1.29 is 13.9 Å². The molecule has 2 heterocycles. The van der Waals surface area contributed by atoms with Gasteiger partial charge in [-0.3, -0.25) is 4.79 Å². The van der Waals surface area contributed by atoms with Gasteiger partial charge >= 0.3 is 0 Å². The van der Waals surface area contributed by atoms with Crippen LogP contribution in [0.2, 0.25) is 0 Å². The maximum atomic E-state index is 13.7. The standard InChI is InChI=1S/C17H22FN3O2/c1-21-14-6-2-5-13(18)17(14)20-15(21)9-10-19-16(22)8-7-12-4-3-11-23-12/h2,5-6,12H,3-4,7-11H2,1H3,(H,19,22). The Morgan fingerprint density at radius 3 is 3.13 bits per heavy atom. The van der Waals surface area contributed by atoms with Crippen LogP contribution < -0.4 is 5.32 Å². The summed E-state index contributed by atoms with van der Waals surface area (Å²) >= 11 is 0. The van der Waals surface area contributed by atoms with Gasteiger partial charge in [0.15, 0.2) is 5.82 Å². The van der Waals surface area contributed by atoms with Crippen molar-refractivity contribution in [1.29, 1.82) is 0 Å². The molecule has 0 bridgehead atoms. The highest BCUT2D eigenvalue weighted by Gasteiger charge is 2.16. The van der Waals surface area contributed by atoms with Gasteiger partial charge in [-0.1, -0.05) is 6.07 Å². The Bertz CT molecular complexity index is 692. The summed E-state index contributed by atoms with van der Waals surface area (Å²) in [5, 5.41) is 2.90. The molecule has 2 aromatic rings. The number of aromatic nitrogens is 2. The van der Waals surface area contributed by atoms with E-state index >= 15 is 0 Å². The molecule has 124 valence electrons. The molecule has 1 fully saturated rings. The van der Waals surface area contributed by atoms with Gasteiger partial charge in [0.05, 0.1) is 11.6 Å². The van der Waals surface area contributed by atoms with Gasteiger partial charge in [0.2, 0.25) is 5.91 Å². The largest absolute Gasteiger partial charge is 0.378 e. The summed E-state index contributed by atoms with van der Waals surface area (Å²) in [5.41, 5.74) is 1.15. The molecule has 1 unspecified atom stereocenters. The molecule has 3 rings (SSSR count). The van der Waals surface area contributed by atoms with Crippen LogP contribution in [0.15, 0.2) is 18.2 Å². The number of para-hydroxylation sites is 1. The van der Waals surface area contributed by atoms with E-state index in [0.29, 0.717) is 24.9 Å².